The number of carbonyl (C=O) groups excluding carboxylic acids is 2. The van der Waals surface area contributed by atoms with Crippen LogP contribution in [0.2, 0.25) is 0 Å². The summed E-state index contributed by atoms with van der Waals surface area (Å²) in [5, 5.41) is 5.02. The van der Waals surface area contributed by atoms with E-state index in [1.807, 2.05) is 42.5 Å². The zero-order valence-corrected chi connectivity index (χ0v) is 12.7. The van der Waals surface area contributed by atoms with Crippen molar-refractivity contribution in [2.45, 2.75) is 12.3 Å². The van der Waals surface area contributed by atoms with Gasteiger partial charge < -0.3 is 4.74 Å². The summed E-state index contributed by atoms with van der Waals surface area (Å²) in [6, 6.07) is 16.5. The SMILES string of the molecule is COc1ccc(C=NN2C(=O)CC(c3ccccc3)C2=O)cc1. The van der Waals surface area contributed by atoms with Gasteiger partial charge in [-0.25, -0.2) is 0 Å². The molecule has 1 aliphatic rings. The summed E-state index contributed by atoms with van der Waals surface area (Å²) in [5.41, 5.74) is 1.63. The fourth-order valence-corrected chi connectivity index (χ4v) is 2.50. The number of hydrogen-bond donors (Lipinski definition) is 0. The summed E-state index contributed by atoms with van der Waals surface area (Å²) in [4.78, 5) is 24.5. The van der Waals surface area contributed by atoms with Gasteiger partial charge in [0.1, 0.15) is 5.75 Å². The van der Waals surface area contributed by atoms with Crippen LogP contribution < -0.4 is 4.74 Å². The number of methoxy groups -OCH3 is 1. The van der Waals surface area contributed by atoms with E-state index in [9.17, 15) is 9.59 Å². The Hall–Kier alpha value is -2.95. The van der Waals surface area contributed by atoms with Crippen LogP contribution >= 0.6 is 0 Å². The molecule has 23 heavy (non-hydrogen) atoms. The Morgan fingerprint density at radius 2 is 1.78 bits per heavy atom. The standard InChI is InChI=1S/C18H16N2O3/c1-23-15-9-7-13(8-10-15)12-19-20-17(21)11-16(18(20)22)14-5-3-2-4-6-14/h2-10,12,16H,11H2,1H3. The van der Waals surface area contributed by atoms with Crippen molar-refractivity contribution in [3.8, 4) is 5.75 Å². The molecule has 5 nitrogen and oxygen atoms in total. The van der Waals surface area contributed by atoms with E-state index in [-0.39, 0.29) is 18.2 Å². The highest BCUT2D eigenvalue weighted by atomic mass is 16.5. The van der Waals surface area contributed by atoms with Crippen LogP contribution in [0.25, 0.3) is 0 Å². The number of nitrogens with zero attached hydrogens (tertiary/aromatic N) is 2. The van der Waals surface area contributed by atoms with Gasteiger partial charge in [-0.3, -0.25) is 9.59 Å². The summed E-state index contributed by atoms with van der Waals surface area (Å²) in [6.07, 6.45) is 1.66. The normalized spacial score (nSPS) is 18.0. The summed E-state index contributed by atoms with van der Waals surface area (Å²) in [6.45, 7) is 0. The number of amides is 2. The lowest BCUT2D eigenvalue weighted by Crippen LogP contribution is -2.24. The molecule has 0 N–H and O–H groups in total. The molecule has 1 saturated heterocycles. The maximum absolute atomic E-state index is 12.4. The molecule has 1 unspecified atom stereocenters. The molecular weight excluding hydrogens is 292 g/mol. The minimum absolute atomic E-state index is 0.156. The van der Waals surface area contributed by atoms with Crippen molar-refractivity contribution in [1.29, 1.82) is 0 Å². The Kier molecular flexibility index (Phi) is 4.19. The van der Waals surface area contributed by atoms with Crippen molar-refractivity contribution in [3.63, 3.8) is 0 Å². The summed E-state index contributed by atoms with van der Waals surface area (Å²) >= 11 is 0. The maximum atomic E-state index is 12.4. The largest absolute Gasteiger partial charge is 0.497 e. The number of benzene rings is 2. The number of ether oxygens (including phenoxy) is 1. The molecule has 0 aromatic heterocycles. The number of hydrazone groups is 1. The van der Waals surface area contributed by atoms with Crippen molar-refractivity contribution in [3.05, 3.63) is 65.7 Å². The third kappa shape index (κ3) is 3.13. The Balaban J connectivity index is 1.76. The Labute approximate surface area is 134 Å². The molecule has 116 valence electrons. The van der Waals surface area contributed by atoms with Gasteiger partial charge in [0, 0.05) is 6.42 Å². The lowest BCUT2D eigenvalue weighted by Gasteiger charge is -2.09. The maximum Gasteiger partial charge on any atom is 0.257 e. The third-order valence-corrected chi connectivity index (χ3v) is 3.76. The number of rotatable bonds is 4. The van der Waals surface area contributed by atoms with Crippen LogP contribution in [0.15, 0.2) is 59.7 Å². The quantitative estimate of drug-likeness (QED) is 0.644. The molecule has 2 aromatic carbocycles. The molecule has 1 heterocycles. The van der Waals surface area contributed by atoms with E-state index in [2.05, 4.69) is 5.10 Å². The van der Waals surface area contributed by atoms with E-state index >= 15 is 0 Å². The fourth-order valence-electron chi connectivity index (χ4n) is 2.50. The average molecular weight is 308 g/mol. The molecule has 0 spiro atoms. The molecule has 0 aliphatic carbocycles. The highest BCUT2D eigenvalue weighted by Gasteiger charge is 2.39. The van der Waals surface area contributed by atoms with E-state index in [4.69, 9.17) is 4.74 Å². The van der Waals surface area contributed by atoms with Gasteiger partial charge >= 0.3 is 0 Å². The van der Waals surface area contributed by atoms with E-state index in [0.29, 0.717) is 0 Å². The van der Waals surface area contributed by atoms with Gasteiger partial charge in [-0.2, -0.15) is 10.1 Å². The van der Waals surface area contributed by atoms with Crippen molar-refractivity contribution < 1.29 is 14.3 Å². The van der Waals surface area contributed by atoms with Crippen LogP contribution in [0.1, 0.15) is 23.5 Å². The lowest BCUT2D eigenvalue weighted by molar-refractivity contribution is -0.138. The molecule has 3 rings (SSSR count). The minimum atomic E-state index is -0.447. The van der Waals surface area contributed by atoms with Gasteiger partial charge in [0.05, 0.1) is 19.2 Å². The minimum Gasteiger partial charge on any atom is -0.497 e. The van der Waals surface area contributed by atoms with Crippen LogP contribution in [0.4, 0.5) is 0 Å². The monoisotopic (exact) mass is 308 g/mol. The van der Waals surface area contributed by atoms with Gasteiger partial charge in [-0.05, 0) is 35.4 Å². The van der Waals surface area contributed by atoms with Gasteiger partial charge in [0.15, 0.2) is 0 Å². The first-order chi connectivity index (χ1) is 11.2. The van der Waals surface area contributed by atoms with Crippen LogP contribution in [-0.2, 0) is 9.59 Å². The molecule has 5 heteroatoms. The Morgan fingerprint density at radius 1 is 1.09 bits per heavy atom. The third-order valence-electron chi connectivity index (χ3n) is 3.76. The van der Waals surface area contributed by atoms with Crippen LogP contribution in [0.5, 0.6) is 5.75 Å². The first-order valence-electron chi connectivity index (χ1n) is 7.29. The van der Waals surface area contributed by atoms with E-state index < -0.39 is 5.92 Å². The van der Waals surface area contributed by atoms with Crippen molar-refractivity contribution in [2.24, 2.45) is 5.10 Å². The smallest absolute Gasteiger partial charge is 0.257 e. The summed E-state index contributed by atoms with van der Waals surface area (Å²) in [7, 11) is 1.59. The Morgan fingerprint density at radius 3 is 2.43 bits per heavy atom. The van der Waals surface area contributed by atoms with Crippen LogP contribution in [0, 0.1) is 0 Å². The predicted octanol–water partition coefficient (Wildman–Crippen LogP) is 2.57. The summed E-state index contributed by atoms with van der Waals surface area (Å²) in [5.74, 6) is -0.282. The predicted molar refractivity (Wildman–Crippen MR) is 86.2 cm³/mol. The average Bonchev–Trinajstić information content (AvgIpc) is 2.88. The molecule has 0 radical (unpaired) electrons. The molecule has 2 amide bonds. The second kappa shape index (κ2) is 6.44. The fraction of sp³-hybridized carbons (Fsp3) is 0.167. The molecule has 2 aromatic rings. The molecule has 0 bridgehead atoms. The topological polar surface area (TPSA) is 59.0 Å². The lowest BCUT2D eigenvalue weighted by atomic mass is 9.98. The van der Waals surface area contributed by atoms with Gasteiger partial charge in [-0.15, -0.1) is 0 Å². The summed E-state index contributed by atoms with van der Waals surface area (Å²) < 4.78 is 5.08. The van der Waals surface area contributed by atoms with Gasteiger partial charge in [0.25, 0.3) is 11.8 Å². The second-order valence-corrected chi connectivity index (χ2v) is 5.23. The van der Waals surface area contributed by atoms with E-state index in [1.54, 1.807) is 19.2 Å². The van der Waals surface area contributed by atoms with Crippen molar-refractivity contribution in [2.75, 3.05) is 7.11 Å². The van der Waals surface area contributed by atoms with Gasteiger partial charge in [-0.1, -0.05) is 30.3 Å². The van der Waals surface area contributed by atoms with Crippen LogP contribution in [0.3, 0.4) is 0 Å². The number of imide groups is 1. The second-order valence-electron chi connectivity index (χ2n) is 5.23. The number of carbonyl (C=O) groups is 2. The first-order valence-corrected chi connectivity index (χ1v) is 7.29. The Bertz CT molecular complexity index is 739. The molecule has 0 saturated carbocycles. The van der Waals surface area contributed by atoms with Crippen molar-refractivity contribution >= 4 is 18.0 Å². The van der Waals surface area contributed by atoms with E-state index in [1.165, 1.54) is 6.21 Å². The van der Waals surface area contributed by atoms with Crippen molar-refractivity contribution in [1.82, 2.24) is 5.01 Å². The van der Waals surface area contributed by atoms with Gasteiger partial charge in [0.2, 0.25) is 0 Å². The zero-order valence-electron chi connectivity index (χ0n) is 12.7. The highest BCUT2D eigenvalue weighted by Crippen LogP contribution is 2.29. The molecule has 1 atom stereocenters. The van der Waals surface area contributed by atoms with E-state index in [0.717, 1.165) is 21.9 Å². The highest BCUT2D eigenvalue weighted by molar-refractivity contribution is 6.06. The van der Waals surface area contributed by atoms with Crippen LogP contribution in [-0.4, -0.2) is 30.1 Å². The molecule has 1 fully saturated rings. The number of hydrogen-bond acceptors (Lipinski definition) is 4. The first kappa shape index (κ1) is 15.0. The molecule has 1 aliphatic heterocycles. The zero-order chi connectivity index (χ0) is 16.2. The molecular formula is C18H16N2O3.